The number of rotatable bonds is 1. The lowest BCUT2D eigenvalue weighted by Crippen LogP contribution is -2.53. The minimum atomic E-state index is -3.14. The number of sulfone groups is 1. The maximum absolute atomic E-state index is 11.4. The second kappa shape index (κ2) is 4.26. The molecule has 0 saturated carbocycles. The van der Waals surface area contributed by atoms with Crippen LogP contribution < -0.4 is 11.6 Å². The van der Waals surface area contributed by atoms with Crippen molar-refractivity contribution in [2.45, 2.75) is 5.37 Å². The summed E-state index contributed by atoms with van der Waals surface area (Å²) in [6.07, 6.45) is 1.19. The second-order valence-corrected chi connectivity index (χ2v) is 6.39. The lowest BCUT2D eigenvalue weighted by Gasteiger charge is -2.34. The van der Waals surface area contributed by atoms with Gasteiger partial charge in [0.15, 0.2) is 9.84 Å². The van der Waals surface area contributed by atoms with Gasteiger partial charge < -0.3 is 16.5 Å². The first-order chi connectivity index (χ1) is 6.46. The lowest BCUT2D eigenvalue weighted by atomic mass is 10.5. The first kappa shape index (κ1) is 11.4. The van der Waals surface area contributed by atoms with Gasteiger partial charge in [-0.25, -0.2) is 8.42 Å². The Bertz CT molecular complexity index is 327. The summed E-state index contributed by atoms with van der Waals surface area (Å²) in [5.41, 5.74) is 5.51. The summed E-state index contributed by atoms with van der Waals surface area (Å²) in [5.74, 6) is 6.46. The molecule has 0 radical (unpaired) electrons. The Morgan fingerprint density at radius 2 is 2.29 bits per heavy atom. The van der Waals surface area contributed by atoms with Crippen molar-refractivity contribution in [2.24, 2.45) is 16.7 Å². The van der Waals surface area contributed by atoms with E-state index in [4.69, 9.17) is 11.6 Å². The Kier molecular flexibility index (Phi) is 3.48. The summed E-state index contributed by atoms with van der Waals surface area (Å²) < 4.78 is 22.8. The van der Waals surface area contributed by atoms with Gasteiger partial charge in [0.05, 0.1) is 0 Å². The van der Waals surface area contributed by atoms with Gasteiger partial charge in [0.1, 0.15) is 5.37 Å². The van der Waals surface area contributed by atoms with E-state index >= 15 is 0 Å². The van der Waals surface area contributed by atoms with Gasteiger partial charge in [-0.2, -0.15) is 11.8 Å². The maximum Gasteiger partial charge on any atom is 0.214 e. The van der Waals surface area contributed by atoms with Crippen molar-refractivity contribution in [3.63, 3.8) is 0 Å². The zero-order valence-electron chi connectivity index (χ0n) is 7.88. The molecule has 4 N–H and O–H groups in total. The summed E-state index contributed by atoms with van der Waals surface area (Å²) in [6.45, 7) is 0.564. The maximum atomic E-state index is 11.4. The van der Waals surface area contributed by atoms with Crippen molar-refractivity contribution >= 4 is 27.6 Å². The van der Waals surface area contributed by atoms with Crippen molar-refractivity contribution in [1.29, 1.82) is 0 Å². The van der Waals surface area contributed by atoms with Crippen LogP contribution >= 0.6 is 11.8 Å². The average Bonchev–Trinajstić information content (AvgIpc) is 2.15. The van der Waals surface area contributed by atoms with Crippen molar-refractivity contribution in [2.75, 3.05) is 24.3 Å². The normalized spacial score (nSPS) is 25.1. The van der Waals surface area contributed by atoms with Gasteiger partial charge in [-0.1, -0.05) is 0 Å². The molecule has 1 fully saturated rings. The molecule has 1 aliphatic heterocycles. The predicted molar refractivity (Wildman–Crippen MR) is 58.5 cm³/mol. The molecule has 1 aliphatic rings. The third kappa shape index (κ3) is 2.44. The molecule has 0 aromatic carbocycles. The molecule has 6 nitrogen and oxygen atoms in total. The average molecular weight is 238 g/mol. The standard InChI is InChI=1S/C6H14N4O2S2/c1-14(11,12)5-4-13-3-2-10(5)6(7)9-8/h5H,2-4,8H2,1H3,(H2,7,9). The molecule has 82 valence electrons. The SMILES string of the molecule is CS(=O)(=O)C1CSCCN1C(N)=NN. The molecule has 1 unspecified atom stereocenters. The molecule has 8 heteroatoms. The second-order valence-electron chi connectivity index (χ2n) is 3.04. The number of hydrogen-bond donors (Lipinski definition) is 2. The van der Waals surface area contributed by atoms with Gasteiger partial charge in [0.2, 0.25) is 5.96 Å². The number of guanidine groups is 1. The van der Waals surface area contributed by atoms with Gasteiger partial charge >= 0.3 is 0 Å². The highest BCUT2D eigenvalue weighted by Gasteiger charge is 2.32. The number of hydrazone groups is 1. The summed E-state index contributed by atoms with van der Waals surface area (Å²) >= 11 is 1.59. The van der Waals surface area contributed by atoms with Crippen LogP contribution in [0.1, 0.15) is 0 Å². The summed E-state index contributed by atoms with van der Waals surface area (Å²) in [7, 11) is -3.14. The van der Waals surface area contributed by atoms with Crippen LogP contribution in [0.4, 0.5) is 0 Å². The molecule has 0 amide bonds. The molecule has 0 bridgehead atoms. The van der Waals surface area contributed by atoms with E-state index in [0.29, 0.717) is 12.3 Å². The number of hydrogen-bond acceptors (Lipinski definition) is 5. The molecule has 0 aromatic heterocycles. The zero-order chi connectivity index (χ0) is 10.8. The fraction of sp³-hybridized carbons (Fsp3) is 0.833. The van der Waals surface area contributed by atoms with E-state index in [-0.39, 0.29) is 5.96 Å². The third-order valence-corrected chi connectivity index (χ3v) is 4.65. The number of thioether (sulfide) groups is 1. The van der Waals surface area contributed by atoms with E-state index in [9.17, 15) is 8.42 Å². The predicted octanol–water partition coefficient (Wildman–Crippen LogP) is -1.41. The fourth-order valence-corrected chi connectivity index (χ4v) is 4.10. The monoisotopic (exact) mass is 238 g/mol. The fourth-order valence-electron chi connectivity index (χ4n) is 1.27. The molecular formula is C6H14N4O2S2. The highest BCUT2D eigenvalue weighted by molar-refractivity contribution is 8.00. The van der Waals surface area contributed by atoms with E-state index in [2.05, 4.69) is 5.10 Å². The molecule has 0 aliphatic carbocycles. The molecule has 0 spiro atoms. The van der Waals surface area contributed by atoms with E-state index in [1.54, 1.807) is 11.8 Å². The van der Waals surface area contributed by atoms with Crippen molar-refractivity contribution < 1.29 is 8.42 Å². The Labute approximate surface area is 87.6 Å². The van der Waals surface area contributed by atoms with Gasteiger partial charge in [0, 0.05) is 24.3 Å². The van der Waals surface area contributed by atoms with Crippen LogP contribution in [0.15, 0.2) is 5.10 Å². The zero-order valence-corrected chi connectivity index (χ0v) is 9.51. The van der Waals surface area contributed by atoms with E-state index < -0.39 is 15.2 Å². The van der Waals surface area contributed by atoms with Crippen LogP contribution in [-0.2, 0) is 9.84 Å². The first-order valence-corrected chi connectivity index (χ1v) is 7.14. The molecular weight excluding hydrogens is 224 g/mol. The van der Waals surface area contributed by atoms with Crippen LogP contribution in [0.2, 0.25) is 0 Å². The molecule has 1 saturated heterocycles. The van der Waals surface area contributed by atoms with E-state index in [1.807, 2.05) is 0 Å². The molecule has 14 heavy (non-hydrogen) atoms. The third-order valence-electron chi connectivity index (χ3n) is 2.01. The molecule has 1 atom stereocenters. The Morgan fingerprint density at radius 1 is 1.64 bits per heavy atom. The highest BCUT2D eigenvalue weighted by atomic mass is 32.2. The molecule has 1 heterocycles. The minimum absolute atomic E-state index is 0.0840. The topological polar surface area (TPSA) is 102 Å². The molecule has 1 rings (SSSR count). The van der Waals surface area contributed by atoms with Gasteiger partial charge in [-0.05, 0) is 0 Å². The minimum Gasteiger partial charge on any atom is -0.368 e. The van der Waals surface area contributed by atoms with Gasteiger partial charge in [-0.3, -0.25) is 0 Å². The highest BCUT2D eigenvalue weighted by Crippen LogP contribution is 2.19. The lowest BCUT2D eigenvalue weighted by molar-refractivity contribution is 0.405. The van der Waals surface area contributed by atoms with Gasteiger partial charge in [-0.15, -0.1) is 5.10 Å². The smallest absolute Gasteiger partial charge is 0.214 e. The Balaban J connectivity index is 2.91. The summed E-state index contributed by atoms with van der Waals surface area (Å²) in [6, 6.07) is 0. The van der Waals surface area contributed by atoms with E-state index in [1.165, 1.54) is 11.2 Å². The van der Waals surface area contributed by atoms with Crippen molar-refractivity contribution in [3.8, 4) is 0 Å². The largest absolute Gasteiger partial charge is 0.368 e. The van der Waals surface area contributed by atoms with Crippen molar-refractivity contribution in [1.82, 2.24) is 4.90 Å². The summed E-state index contributed by atoms with van der Waals surface area (Å²) in [4.78, 5) is 1.53. The van der Waals surface area contributed by atoms with Gasteiger partial charge in [0.25, 0.3) is 0 Å². The number of nitrogens with two attached hydrogens (primary N) is 2. The van der Waals surface area contributed by atoms with Crippen LogP contribution in [0.25, 0.3) is 0 Å². The quantitative estimate of drug-likeness (QED) is 0.252. The molecule has 0 aromatic rings. The Hall–Kier alpha value is -0.630. The van der Waals surface area contributed by atoms with Crippen LogP contribution in [-0.4, -0.2) is 49.0 Å². The van der Waals surface area contributed by atoms with Crippen LogP contribution in [0.5, 0.6) is 0 Å². The van der Waals surface area contributed by atoms with Crippen molar-refractivity contribution in [3.05, 3.63) is 0 Å². The first-order valence-electron chi connectivity index (χ1n) is 4.03. The van der Waals surface area contributed by atoms with E-state index in [0.717, 1.165) is 5.75 Å². The summed E-state index contributed by atoms with van der Waals surface area (Å²) in [5, 5.41) is 2.72. The van der Waals surface area contributed by atoms with Crippen LogP contribution in [0, 0.1) is 0 Å². The Morgan fingerprint density at radius 3 is 2.79 bits per heavy atom. The van der Waals surface area contributed by atoms with Crippen LogP contribution in [0.3, 0.4) is 0 Å². The number of nitrogens with zero attached hydrogens (tertiary/aromatic N) is 2.